The van der Waals surface area contributed by atoms with Crippen LogP contribution in [0.1, 0.15) is 31.2 Å². The Morgan fingerprint density at radius 1 is 1.26 bits per heavy atom. The second kappa shape index (κ2) is 7.76. The summed E-state index contributed by atoms with van der Waals surface area (Å²) in [6, 6.07) is 8.39. The maximum absolute atomic E-state index is 6.29. The third-order valence-corrected chi connectivity index (χ3v) is 4.15. The van der Waals surface area contributed by atoms with Crippen molar-refractivity contribution in [2.45, 2.75) is 37.5 Å². The van der Waals surface area contributed by atoms with Crippen molar-refractivity contribution >= 4 is 11.6 Å². The molecule has 1 atom stereocenters. The summed E-state index contributed by atoms with van der Waals surface area (Å²) in [5.41, 5.74) is 1.39. The second-order valence-corrected chi connectivity index (χ2v) is 5.96. The van der Waals surface area contributed by atoms with Gasteiger partial charge in [0, 0.05) is 11.9 Å². The Hall–Kier alpha value is -0.730. The summed E-state index contributed by atoms with van der Waals surface area (Å²) in [4.78, 5) is 2.52. The number of aryl methyl sites for hydroxylation is 1. The minimum Gasteiger partial charge on any atom is -0.497 e. The monoisotopic (exact) mass is 281 g/mol. The summed E-state index contributed by atoms with van der Waals surface area (Å²) >= 11 is 6.29. The van der Waals surface area contributed by atoms with Gasteiger partial charge in [0.1, 0.15) is 5.75 Å². The van der Waals surface area contributed by atoms with Gasteiger partial charge in [-0.3, -0.25) is 0 Å². The molecule has 1 aromatic rings. The molecule has 0 aromatic heterocycles. The summed E-state index contributed by atoms with van der Waals surface area (Å²) in [6.45, 7) is 3.44. The Morgan fingerprint density at radius 3 is 2.79 bits per heavy atom. The quantitative estimate of drug-likeness (QED) is 0.763. The third-order valence-electron chi connectivity index (χ3n) is 3.80. The van der Waals surface area contributed by atoms with Crippen LogP contribution < -0.4 is 4.74 Å². The second-order valence-electron chi connectivity index (χ2n) is 5.35. The molecule has 0 amide bonds. The fraction of sp³-hybridized carbons (Fsp3) is 0.625. The van der Waals surface area contributed by atoms with E-state index in [1.807, 2.05) is 12.1 Å². The van der Waals surface area contributed by atoms with Crippen molar-refractivity contribution in [2.24, 2.45) is 0 Å². The van der Waals surface area contributed by atoms with Crippen molar-refractivity contribution in [3.05, 3.63) is 29.8 Å². The minimum absolute atomic E-state index is 0.350. The van der Waals surface area contributed by atoms with Crippen LogP contribution in [-0.2, 0) is 6.42 Å². The van der Waals surface area contributed by atoms with Crippen LogP contribution in [0.15, 0.2) is 24.3 Å². The largest absolute Gasteiger partial charge is 0.497 e. The molecular weight excluding hydrogens is 258 g/mol. The molecule has 0 N–H and O–H groups in total. The molecular formula is C16H24ClNO. The Balaban J connectivity index is 1.72. The molecule has 2 rings (SSSR count). The average molecular weight is 282 g/mol. The van der Waals surface area contributed by atoms with Crippen molar-refractivity contribution in [3.8, 4) is 5.75 Å². The number of rotatable bonds is 5. The molecule has 1 heterocycles. The molecule has 2 nitrogen and oxygen atoms in total. The first-order valence-electron chi connectivity index (χ1n) is 7.27. The van der Waals surface area contributed by atoms with Crippen molar-refractivity contribution in [2.75, 3.05) is 26.7 Å². The Labute approximate surface area is 121 Å². The van der Waals surface area contributed by atoms with Crippen LogP contribution >= 0.6 is 11.6 Å². The molecule has 1 aromatic carbocycles. The Bertz CT molecular complexity index is 366. The zero-order valence-corrected chi connectivity index (χ0v) is 12.5. The highest BCUT2D eigenvalue weighted by Crippen LogP contribution is 2.16. The maximum atomic E-state index is 6.29. The molecule has 1 saturated heterocycles. The van der Waals surface area contributed by atoms with Crippen LogP contribution in [0.5, 0.6) is 5.75 Å². The SMILES string of the molecule is COc1ccc(CCCN2CCCCC(Cl)C2)cc1. The maximum Gasteiger partial charge on any atom is 0.118 e. The van der Waals surface area contributed by atoms with Crippen molar-refractivity contribution < 1.29 is 4.74 Å². The third kappa shape index (κ3) is 5.04. The van der Waals surface area contributed by atoms with E-state index in [-0.39, 0.29) is 0 Å². The van der Waals surface area contributed by atoms with Gasteiger partial charge in [0.2, 0.25) is 0 Å². The predicted molar refractivity (Wildman–Crippen MR) is 81.2 cm³/mol. The van der Waals surface area contributed by atoms with Gasteiger partial charge in [-0.1, -0.05) is 18.6 Å². The number of ether oxygens (including phenoxy) is 1. The summed E-state index contributed by atoms with van der Waals surface area (Å²) in [5.74, 6) is 0.932. The fourth-order valence-electron chi connectivity index (χ4n) is 2.67. The molecule has 1 aliphatic heterocycles. The van der Waals surface area contributed by atoms with Crippen LogP contribution in [-0.4, -0.2) is 37.0 Å². The van der Waals surface area contributed by atoms with E-state index in [4.69, 9.17) is 16.3 Å². The molecule has 1 aliphatic rings. The molecule has 1 unspecified atom stereocenters. The molecule has 19 heavy (non-hydrogen) atoms. The van der Waals surface area contributed by atoms with Gasteiger partial charge in [-0.2, -0.15) is 0 Å². The van der Waals surface area contributed by atoms with Crippen molar-refractivity contribution in [3.63, 3.8) is 0 Å². The lowest BCUT2D eigenvalue weighted by Crippen LogP contribution is -2.30. The summed E-state index contributed by atoms with van der Waals surface area (Å²) in [5, 5.41) is 0.350. The van der Waals surface area contributed by atoms with Gasteiger partial charge in [-0.15, -0.1) is 11.6 Å². The number of likely N-dealkylation sites (tertiary alicyclic amines) is 1. The first kappa shape index (κ1) is 14.7. The first-order chi connectivity index (χ1) is 9.28. The number of hydrogen-bond donors (Lipinski definition) is 0. The van der Waals surface area contributed by atoms with Crippen LogP contribution in [0.3, 0.4) is 0 Å². The van der Waals surface area contributed by atoms with Crippen LogP contribution in [0.25, 0.3) is 0 Å². The molecule has 0 bridgehead atoms. The molecule has 0 aliphatic carbocycles. The number of methoxy groups -OCH3 is 1. The van der Waals surface area contributed by atoms with Crippen LogP contribution in [0, 0.1) is 0 Å². The lowest BCUT2D eigenvalue weighted by molar-refractivity contribution is 0.283. The van der Waals surface area contributed by atoms with Crippen LogP contribution in [0.4, 0.5) is 0 Å². The fourth-order valence-corrected chi connectivity index (χ4v) is 3.02. The molecule has 0 radical (unpaired) electrons. The summed E-state index contributed by atoms with van der Waals surface area (Å²) in [7, 11) is 1.71. The normalized spacial score (nSPS) is 21.1. The highest BCUT2D eigenvalue weighted by atomic mass is 35.5. The number of nitrogens with zero attached hydrogens (tertiary/aromatic N) is 1. The zero-order chi connectivity index (χ0) is 13.5. The highest BCUT2D eigenvalue weighted by molar-refractivity contribution is 6.20. The highest BCUT2D eigenvalue weighted by Gasteiger charge is 2.15. The number of alkyl halides is 1. The average Bonchev–Trinajstić information content (AvgIpc) is 2.64. The molecule has 3 heteroatoms. The van der Waals surface area contributed by atoms with Crippen molar-refractivity contribution in [1.82, 2.24) is 4.90 Å². The van der Waals surface area contributed by atoms with E-state index in [0.29, 0.717) is 5.38 Å². The smallest absolute Gasteiger partial charge is 0.118 e. The van der Waals surface area contributed by atoms with E-state index in [1.54, 1.807) is 7.11 Å². The number of benzene rings is 1. The predicted octanol–water partition coefficient (Wildman–Crippen LogP) is 3.72. The van der Waals surface area contributed by atoms with Gasteiger partial charge in [-0.25, -0.2) is 0 Å². The van der Waals surface area contributed by atoms with E-state index in [1.165, 1.54) is 37.8 Å². The molecule has 106 valence electrons. The summed E-state index contributed by atoms with van der Waals surface area (Å²) in [6.07, 6.45) is 6.09. The van der Waals surface area contributed by atoms with Gasteiger partial charge in [-0.05, 0) is 56.5 Å². The van der Waals surface area contributed by atoms with E-state index in [2.05, 4.69) is 17.0 Å². The molecule has 1 fully saturated rings. The lowest BCUT2D eigenvalue weighted by atomic mass is 10.1. The van der Waals surface area contributed by atoms with Gasteiger partial charge < -0.3 is 9.64 Å². The van der Waals surface area contributed by atoms with E-state index in [0.717, 1.165) is 25.3 Å². The van der Waals surface area contributed by atoms with Crippen molar-refractivity contribution in [1.29, 1.82) is 0 Å². The standard InChI is InChI=1S/C16H24ClNO/c1-19-16-9-7-14(8-10-16)5-4-12-18-11-3-2-6-15(17)13-18/h7-10,15H,2-6,11-13H2,1H3. The Kier molecular flexibility index (Phi) is 5.99. The van der Waals surface area contributed by atoms with Crippen LogP contribution in [0.2, 0.25) is 0 Å². The van der Waals surface area contributed by atoms with E-state index in [9.17, 15) is 0 Å². The lowest BCUT2D eigenvalue weighted by Gasteiger charge is -2.21. The van der Waals surface area contributed by atoms with E-state index >= 15 is 0 Å². The molecule has 0 saturated carbocycles. The van der Waals surface area contributed by atoms with E-state index < -0.39 is 0 Å². The Morgan fingerprint density at radius 2 is 2.05 bits per heavy atom. The summed E-state index contributed by atoms with van der Waals surface area (Å²) < 4.78 is 5.17. The minimum atomic E-state index is 0.350. The molecule has 0 spiro atoms. The van der Waals surface area contributed by atoms with Gasteiger partial charge >= 0.3 is 0 Å². The van der Waals surface area contributed by atoms with Gasteiger partial charge in [0.25, 0.3) is 0 Å². The zero-order valence-electron chi connectivity index (χ0n) is 11.8. The number of hydrogen-bond acceptors (Lipinski definition) is 2. The van der Waals surface area contributed by atoms with Gasteiger partial charge in [0.15, 0.2) is 0 Å². The topological polar surface area (TPSA) is 12.5 Å². The number of halogens is 1. The first-order valence-corrected chi connectivity index (χ1v) is 7.71. The van der Waals surface area contributed by atoms with Gasteiger partial charge in [0.05, 0.1) is 7.11 Å².